The summed E-state index contributed by atoms with van der Waals surface area (Å²) >= 11 is 0. The summed E-state index contributed by atoms with van der Waals surface area (Å²) < 4.78 is 0. The van der Waals surface area contributed by atoms with Crippen LogP contribution in [0.25, 0.3) is 0 Å². The molecule has 2 aromatic rings. The van der Waals surface area contributed by atoms with Gasteiger partial charge in [0.1, 0.15) is 0 Å². The lowest BCUT2D eigenvalue weighted by atomic mass is 9.82. The van der Waals surface area contributed by atoms with Crippen molar-refractivity contribution in [3.63, 3.8) is 0 Å². The first-order valence-corrected chi connectivity index (χ1v) is 8.07. The number of rotatable bonds is 6. The summed E-state index contributed by atoms with van der Waals surface area (Å²) in [6.07, 6.45) is 8.95. The second-order valence-corrected chi connectivity index (χ2v) is 6.53. The van der Waals surface area contributed by atoms with Gasteiger partial charge in [-0.2, -0.15) is 0 Å². The Labute approximate surface area is 128 Å². The number of benzene rings is 1. The summed E-state index contributed by atoms with van der Waals surface area (Å²) in [7, 11) is 0. The first-order valence-electron chi connectivity index (χ1n) is 8.07. The van der Waals surface area contributed by atoms with Crippen molar-refractivity contribution in [1.29, 1.82) is 0 Å². The lowest BCUT2D eigenvalue weighted by Crippen LogP contribution is -2.09. The number of nitrogens with zero attached hydrogens (tertiary/aromatic N) is 1. The van der Waals surface area contributed by atoms with Gasteiger partial charge in [-0.15, -0.1) is 0 Å². The molecule has 0 amide bonds. The van der Waals surface area contributed by atoms with Crippen molar-refractivity contribution in [1.82, 2.24) is 4.98 Å². The van der Waals surface area contributed by atoms with E-state index in [1.807, 2.05) is 18.5 Å². The van der Waals surface area contributed by atoms with Crippen LogP contribution in [0.2, 0.25) is 0 Å². The molecule has 1 aliphatic rings. The molecule has 1 heterocycles. The van der Waals surface area contributed by atoms with Crippen molar-refractivity contribution in [3.05, 3.63) is 71.4 Å². The Hall–Kier alpha value is -1.63. The van der Waals surface area contributed by atoms with E-state index in [-0.39, 0.29) is 0 Å². The van der Waals surface area contributed by atoms with E-state index >= 15 is 0 Å². The standard InChI is InChI=1S/C20H24N/c1-15(2)19-7-3-4-8-20(19)18(12-16-9-10-16)13-17-6-5-11-21-14-17/h3-8,11,14-16H,9-10,12-13H2,1-2H3. The lowest BCUT2D eigenvalue weighted by molar-refractivity contribution is 0.713. The third-order valence-corrected chi connectivity index (χ3v) is 4.34. The SMILES string of the molecule is CC(C)c1ccccc1[C](Cc1cccnc1)CC1CC1. The Balaban J connectivity index is 1.88. The molecular formula is C20H24N. The van der Waals surface area contributed by atoms with Gasteiger partial charge in [0.2, 0.25) is 0 Å². The molecule has 1 radical (unpaired) electrons. The molecule has 1 aliphatic carbocycles. The van der Waals surface area contributed by atoms with E-state index in [9.17, 15) is 0 Å². The van der Waals surface area contributed by atoms with Crippen LogP contribution < -0.4 is 0 Å². The Bertz CT molecular complexity index is 569. The van der Waals surface area contributed by atoms with Crippen molar-refractivity contribution in [2.45, 2.75) is 45.4 Å². The monoisotopic (exact) mass is 278 g/mol. The summed E-state index contributed by atoms with van der Waals surface area (Å²) in [6.45, 7) is 4.58. The van der Waals surface area contributed by atoms with E-state index in [1.54, 1.807) is 5.92 Å². The number of hydrogen-bond donors (Lipinski definition) is 0. The maximum atomic E-state index is 4.27. The molecule has 1 aromatic heterocycles. The molecule has 1 heteroatoms. The predicted octanol–water partition coefficient (Wildman–Crippen LogP) is 5.17. The van der Waals surface area contributed by atoms with Crippen molar-refractivity contribution >= 4 is 0 Å². The second kappa shape index (κ2) is 6.43. The third kappa shape index (κ3) is 3.72. The fourth-order valence-electron chi connectivity index (χ4n) is 3.02. The van der Waals surface area contributed by atoms with Crippen LogP contribution in [0.5, 0.6) is 0 Å². The van der Waals surface area contributed by atoms with E-state index < -0.39 is 0 Å². The highest BCUT2D eigenvalue weighted by atomic mass is 14.6. The maximum Gasteiger partial charge on any atom is 0.0300 e. The Morgan fingerprint density at radius 3 is 2.62 bits per heavy atom. The molecule has 0 aliphatic heterocycles. The largest absolute Gasteiger partial charge is 0.264 e. The van der Waals surface area contributed by atoms with E-state index in [4.69, 9.17) is 0 Å². The van der Waals surface area contributed by atoms with E-state index in [0.29, 0.717) is 5.92 Å². The summed E-state index contributed by atoms with van der Waals surface area (Å²) in [5.74, 6) is 3.08. The molecule has 0 bridgehead atoms. The molecule has 109 valence electrons. The van der Waals surface area contributed by atoms with Crippen LogP contribution in [0.1, 0.15) is 55.7 Å². The van der Waals surface area contributed by atoms with Gasteiger partial charge in [0, 0.05) is 18.3 Å². The van der Waals surface area contributed by atoms with Gasteiger partial charge < -0.3 is 0 Å². The van der Waals surface area contributed by atoms with Crippen LogP contribution in [0.15, 0.2) is 48.8 Å². The zero-order valence-corrected chi connectivity index (χ0v) is 13.0. The molecular weight excluding hydrogens is 254 g/mol. The number of hydrogen-bond acceptors (Lipinski definition) is 1. The van der Waals surface area contributed by atoms with Gasteiger partial charge >= 0.3 is 0 Å². The molecule has 0 spiro atoms. The van der Waals surface area contributed by atoms with Gasteiger partial charge in [-0.3, -0.25) is 4.98 Å². The lowest BCUT2D eigenvalue weighted by Gasteiger charge is -2.22. The van der Waals surface area contributed by atoms with Crippen LogP contribution in [0, 0.1) is 11.8 Å². The van der Waals surface area contributed by atoms with Crippen LogP contribution in [-0.2, 0) is 6.42 Å². The summed E-state index contributed by atoms with van der Waals surface area (Å²) in [6, 6.07) is 13.2. The fraction of sp³-hybridized carbons (Fsp3) is 0.400. The molecule has 3 rings (SSSR count). The van der Waals surface area contributed by atoms with Gasteiger partial charge in [-0.05, 0) is 47.4 Å². The van der Waals surface area contributed by atoms with Crippen molar-refractivity contribution < 1.29 is 0 Å². The second-order valence-electron chi connectivity index (χ2n) is 6.53. The maximum absolute atomic E-state index is 4.27. The van der Waals surface area contributed by atoms with Gasteiger partial charge in [-0.1, -0.05) is 57.0 Å². The van der Waals surface area contributed by atoms with Crippen molar-refractivity contribution in [3.8, 4) is 0 Å². The molecule has 0 N–H and O–H groups in total. The highest BCUT2D eigenvalue weighted by Gasteiger charge is 2.28. The third-order valence-electron chi connectivity index (χ3n) is 4.34. The van der Waals surface area contributed by atoms with Gasteiger partial charge in [0.05, 0.1) is 0 Å². The highest BCUT2D eigenvalue weighted by Crippen LogP contribution is 2.41. The summed E-state index contributed by atoms with van der Waals surface area (Å²) in [4.78, 5) is 4.27. The van der Waals surface area contributed by atoms with Crippen LogP contribution in [0.4, 0.5) is 0 Å². The molecule has 0 saturated heterocycles. The van der Waals surface area contributed by atoms with Crippen molar-refractivity contribution in [2.24, 2.45) is 5.92 Å². The first-order chi connectivity index (χ1) is 10.2. The molecule has 1 nitrogen and oxygen atoms in total. The molecule has 1 saturated carbocycles. The predicted molar refractivity (Wildman–Crippen MR) is 88.2 cm³/mol. The molecule has 1 fully saturated rings. The smallest absolute Gasteiger partial charge is 0.0300 e. The molecule has 0 unspecified atom stereocenters. The van der Waals surface area contributed by atoms with Crippen molar-refractivity contribution in [2.75, 3.05) is 0 Å². The van der Waals surface area contributed by atoms with E-state index in [2.05, 4.69) is 49.2 Å². The summed E-state index contributed by atoms with van der Waals surface area (Å²) in [5, 5.41) is 0. The Kier molecular flexibility index (Phi) is 4.38. The average Bonchev–Trinajstić information content (AvgIpc) is 3.32. The zero-order valence-electron chi connectivity index (χ0n) is 13.0. The summed E-state index contributed by atoms with van der Waals surface area (Å²) in [5.41, 5.74) is 4.28. The van der Waals surface area contributed by atoms with Crippen LogP contribution in [-0.4, -0.2) is 4.98 Å². The first kappa shape index (κ1) is 14.3. The van der Waals surface area contributed by atoms with Gasteiger partial charge in [0.15, 0.2) is 0 Å². The van der Waals surface area contributed by atoms with Gasteiger partial charge in [-0.25, -0.2) is 0 Å². The number of pyridine rings is 1. The van der Waals surface area contributed by atoms with Crippen LogP contribution >= 0.6 is 0 Å². The average molecular weight is 278 g/mol. The molecule has 1 aromatic carbocycles. The van der Waals surface area contributed by atoms with E-state index in [0.717, 1.165) is 12.3 Å². The minimum atomic E-state index is 0.573. The molecule has 21 heavy (non-hydrogen) atoms. The Morgan fingerprint density at radius 1 is 1.14 bits per heavy atom. The fourth-order valence-corrected chi connectivity index (χ4v) is 3.02. The quantitative estimate of drug-likeness (QED) is 0.710. The van der Waals surface area contributed by atoms with Gasteiger partial charge in [0.25, 0.3) is 0 Å². The highest BCUT2D eigenvalue weighted by molar-refractivity contribution is 5.42. The molecule has 0 atom stereocenters. The van der Waals surface area contributed by atoms with Crippen LogP contribution in [0.3, 0.4) is 0 Å². The normalized spacial score (nSPS) is 14.9. The number of aromatic nitrogens is 1. The minimum Gasteiger partial charge on any atom is -0.264 e. The zero-order chi connectivity index (χ0) is 14.7. The topological polar surface area (TPSA) is 12.9 Å². The van der Waals surface area contributed by atoms with E-state index in [1.165, 1.54) is 36.0 Å². The Morgan fingerprint density at radius 2 is 1.95 bits per heavy atom. The minimum absolute atomic E-state index is 0.573.